The minimum atomic E-state index is 0.697. The molecular weight excluding hydrogens is 308 g/mol. The molecule has 0 atom stereocenters. The van der Waals surface area contributed by atoms with Crippen LogP contribution in [0, 0.1) is 0 Å². The molecular formula is C16H8N6S. The zero-order valence-electron chi connectivity index (χ0n) is 11.7. The molecule has 0 aliphatic carbocycles. The predicted octanol–water partition coefficient (Wildman–Crippen LogP) is 3.24. The molecule has 0 saturated carbocycles. The standard InChI is InChI=1S/C16H8N6S/c1-3-9-4-2-6-17-13(9)10(5-1)11-7-12-14(22-20-11)15-16(23-12)18-8-19-21-15/h1-8H. The van der Waals surface area contributed by atoms with Gasteiger partial charge >= 0.3 is 0 Å². The second-order valence-corrected chi connectivity index (χ2v) is 6.07. The lowest BCUT2D eigenvalue weighted by molar-refractivity contribution is 1.02. The number of hydrogen-bond acceptors (Lipinski definition) is 7. The molecule has 0 fully saturated rings. The average molecular weight is 316 g/mol. The zero-order chi connectivity index (χ0) is 15.2. The van der Waals surface area contributed by atoms with Crippen LogP contribution in [-0.2, 0) is 0 Å². The SMILES string of the molecule is c1cnc2c(-c3cc4sc5ncnnc5c4nn3)cccc2c1. The molecule has 0 bridgehead atoms. The third-order valence-corrected chi connectivity index (χ3v) is 4.71. The molecule has 0 unspecified atom stereocenters. The molecule has 4 aromatic heterocycles. The summed E-state index contributed by atoms with van der Waals surface area (Å²) >= 11 is 1.54. The van der Waals surface area contributed by atoms with E-state index in [0.717, 1.165) is 37.2 Å². The monoisotopic (exact) mass is 316 g/mol. The van der Waals surface area contributed by atoms with Gasteiger partial charge in [0.15, 0.2) is 5.52 Å². The number of rotatable bonds is 1. The summed E-state index contributed by atoms with van der Waals surface area (Å²) in [6.07, 6.45) is 3.23. The van der Waals surface area contributed by atoms with Crippen molar-refractivity contribution in [1.82, 2.24) is 30.4 Å². The average Bonchev–Trinajstić information content (AvgIpc) is 2.99. The molecule has 0 aliphatic heterocycles. The van der Waals surface area contributed by atoms with Crippen molar-refractivity contribution in [3.8, 4) is 11.3 Å². The molecule has 0 N–H and O–H groups in total. The van der Waals surface area contributed by atoms with E-state index in [-0.39, 0.29) is 0 Å². The minimum Gasteiger partial charge on any atom is -0.256 e. The van der Waals surface area contributed by atoms with Crippen molar-refractivity contribution >= 4 is 42.8 Å². The van der Waals surface area contributed by atoms with Crippen LogP contribution in [0.25, 0.3) is 42.7 Å². The topological polar surface area (TPSA) is 77.3 Å². The first-order valence-electron chi connectivity index (χ1n) is 6.98. The van der Waals surface area contributed by atoms with E-state index in [4.69, 9.17) is 0 Å². The Hall–Kier alpha value is -3.06. The van der Waals surface area contributed by atoms with Gasteiger partial charge in [0.05, 0.1) is 15.9 Å². The van der Waals surface area contributed by atoms with Gasteiger partial charge in [0.1, 0.15) is 16.7 Å². The van der Waals surface area contributed by atoms with Gasteiger partial charge in [0.25, 0.3) is 0 Å². The summed E-state index contributed by atoms with van der Waals surface area (Å²) in [5.74, 6) is 0. The summed E-state index contributed by atoms with van der Waals surface area (Å²) in [6, 6.07) is 12.0. The fraction of sp³-hybridized carbons (Fsp3) is 0. The number of nitrogens with zero attached hydrogens (tertiary/aromatic N) is 6. The summed E-state index contributed by atoms with van der Waals surface area (Å²) < 4.78 is 0.992. The summed E-state index contributed by atoms with van der Waals surface area (Å²) in [5.41, 5.74) is 4.11. The van der Waals surface area contributed by atoms with Crippen LogP contribution < -0.4 is 0 Å². The normalized spacial score (nSPS) is 11.5. The lowest BCUT2D eigenvalue weighted by Crippen LogP contribution is -1.91. The van der Waals surface area contributed by atoms with Gasteiger partial charge in [-0.3, -0.25) is 4.98 Å². The van der Waals surface area contributed by atoms with Gasteiger partial charge in [-0.25, -0.2) is 4.98 Å². The van der Waals surface area contributed by atoms with Crippen molar-refractivity contribution < 1.29 is 0 Å². The maximum absolute atomic E-state index is 4.48. The van der Waals surface area contributed by atoms with Crippen molar-refractivity contribution in [1.29, 1.82) is 0 Å². The molecule has 5 rings (SSSR count). The molecule has 6 nitrogen and oxygen atoms in total. The van der Waals surface area contributed by atoms with E-state index in [1.165, 1.54) is 17.7 Å². The van der Waals surface area contributed by atoms with Crippen LogP contribution in [0.5, 0.6) is 0 Å². The number of fused-ring (bicyclic) bond motifs is 4. The molecule has 4 heterocycles. The number of pyridine rings is 1. The van der Waals surface area contributed by atoms with Crippen molar-refractivity contribution in [3.05, 3.63) is 48.9 Å². The third kappa shape index (κ3) is 1.87. The lowest BCUT2D eigenvalue weighted by Gasteiger charge is -2.04. The van der Waals surface area contributed by atoms with E-state index in [0.29, 0.717) is 5.52 Å². The van der Waals surface area contributed by atoms with Crippen molar-refractivity contribution in [3.63, 3.8) is 0 Å². The van der Waals surface area contributed by atoms with Crippen LogP contribution in [0.2, 0.25) is 0 Å². The minimum absolute atomic E-state index is 0.697. The Balaban J connectivity index is 1.81. The molecule has 23 heavy (non-hydrogen) atoms. The van der Waals surface area contributed by atoms with Crippen molar-refractivity contribution in [2.24, 2.45) is 0 Å². The van der Waals surface area contributed by atoms with Gasteiger partial charge in [0, 0.05) is 17.1 Å². The van der Waals surface area contributed by atoms with Crippen LogP contribution >= 0.6 is 11.3 Å². The van der Waals surface area contributed by atoms with Crippen molar-refractivity contribution in [2.45, 2.75) is 0 Å². The van der Waals surface area contributed by atoms with Crippen LogP contribution in [-0.4, -0.2) is 30.4 Å². The molecule has 0 saturated heterocycles. The maximum atomic E-state index is 4.48. The fourth-order valence-electron chi connectivity index (χ4n) is 2.65. The van der Waals surface area contributed by atoms with Gasteiger partial charge in [-0.1, -0.05) is 24.3 Å². The Morgan fingerprint density at radius 3 is 2.78 bits per heavy atom. The Kier molecular flexibility index (Phi) is 2.56. The van der Waals surface area contributed by atoms with Gasteiger partial charge < -0.3 is 0 Å². The molecule has 7 heteroatoms. The molecule has 1 aromatic carbocycles. The number of thiophene rings is 1. The Morgan fingerprint density at radius 1 is 0.826 bits per heavy atom. The van der Waals surface area contributed by atoms with Gasteiger partial charge in [-0.05, 0) is 12.1 Å². The molecule has 5 aromatic rings. The molecule has 108 valence electrons. The first-order valence-corrected chi connectivity index (χ1v) is 7.79. The van der Waals surface area contributed by atoms with E-state index in [1.54, 1.807) is 6.20 Å². The summed E-state index contributed by atoms with van der Waals surface area (Å²) in [7, 11) is 0. The van der Waals surface area contributed by atoms with E-state index in [2.05, 4.69) is 30.4 Å². The predicted molar refractivity (Wildman–Crippen MR) is 89.0 cm³/mol. The molecule has 0 amide bonds. The Bertz CT molecular complexity index is 1180. The van der Waals surface area contributed by atoms with Crippen LogP contribution in [0.1, 0.15) is 0 Å². The van der Waals surface area contributed by atoms with E-state index >= 15 is 0 Å². The largest absolute Gasteiger partial charge is 0.256 e. The highest BCUT2D eigenvalue weighted by Crippen LogP contribution is 2.32. The molecule has 0 spiro atoms. The third-order valence-electron chi connectivity index (χ3n) is 3.69. The van der Waals surface area contributed by atoms with Crippen LogP contribution in [0.4, 0.5) is 0 Å². The van der Waals surface area contributed by atoms with Gasteiger partial charge in [-0.15, -0.1) is 31.7 Å². The van der Waals surface area contributed by atoms with Gasteiger partial charge in [-0.2, -0.15) is 0 Å². The summed E-state index contributed by atoms with van der Waals surface area (Å²) in [5, 5.41) is 17.7. The van der Waals surface area contributed by atoms with E-state index < -0.39 is 0 Å². The smallest absolute Gasteiger partial charge is 0.151 e. The highest BCUT2D eigenvalue weighted by Gasteiger charge is 2.13. The first-order chi connectivity index (χ1) is 11.4. The molecule has 0 aliphatic rings. The fourth-order valence-corrected chi connectivity index (χ4v) is 3.60. The van der Waals surface area contributed by atoms with Crippen LogP contribution in [0.3, 0.4) is 0 Å². The number of benzene rings is 1. The van der Waals surface area contributed by atoms with Crippen molar-refractivity contribution in [2.75, 3.05) is 0 Å². The summed E-state index contributed by atoms with van der Waals surface area (Å²) in [6.45, 7) is 0. The van der Waals surface area contributed by atoms with Crippen LogP contribution in [0.15, 0.2) is 48.9 Å². The quantitative estimate of drug-likeness (QED) is 0.472. The zero-order valence-corrected chi connectivity index (χ0v) is 12.5. The summed E-state index contributed by atoms with van der Waals surface area (Å²) in [4.78, 5) is 9.53. The second kappa shape index (κ2) is 4.72. The van der Waals surface area contributed by atoms with E-state index in [9.17, 15) is 0 Å². The Labute approximate surface area is 133 Å². The highest BCUT2D eigenvalue weighted by atomic mass is 32.1. The van der Waals surface area contributed by atoms with Gasteiger partial charge in [0.2, 0.25) is 0 Å². The number of aromatic nitrogens is 6. The number of para-hydroxylation sites is 1. The Morgan fingerprint density at radius 2 is 1.78 bits per heavy atom. The first kappa shape index (κ1) is 12.5. The number of hydrogen-bond donors (Lipinski definition) is 0. The molecule has 0 radical (unpaired) electrons. The second-order valence-electron chi connectivity index (χ2n) is 5.04. The maximum Gasteiger partial charge on any atom is 0.151 e. The van der Waals surface area contributed by atoms with E-state index in [1.807, 2.05) is 36.4 Å². The lowest BCUT2D eigenvalue weighted by atomic mass is 10.1. The highest BCUT2D eigenvalue weighted by molar-refractivity contribution is 7.25.